The quantitative estimate of drug-likeness (QED) is 0.483. The van der Waals surface area contributed by atoms with Crippen LogP contribution in [0.15, 0.2) is 0 Å². The van der Waals surface area contributed by atoms with Crippen LogP contribution < -0.4 is 0 Å². The average Bonchev–Trinajstić information content (AvgIpc) is 2.14. The molecule has 1 saturated heterocycles. The van der Waals surface area contributed by atoms with Gasteiger partial charge in [-0.3, -0.25) is 0 Å². The zero-order valence-electron chi connectivity index (χ0n) is 6.21. The summed E-state index contributed by atoms with van der Waals surface area (Å²) in [6.07, 6.45) is 0.664. The molecular weight excluding hydrogens is 128 g/mol. The first-order valence-electron chi connectivity index (χ1n) is 3.52. The minimum atomic E-state index is -0.176. The van der Waals surface area contributed by atoms with Crippen LogP contribution in [0.1, 0.15) is 6.42 Å². The predicted molar refractivity (Wildman–Crippen MR) is 37.5 cm³/mol. The molecule has 1 unspecified atom stereocenters. The van der Waals surface area contributed by atoms with Crippen molar-refractivity contribution in [2.75, 3.05) is 26.7 Å². The number of nitriles is 1. The molecular formula is C7H12N2O. The Balaban J connectivity index is 2.35. The van der Waals surface area contributed by atoms with Crippen LogP contribution >= 0.6 is 0 Å². The maximum Gasteiger partial charge on any atom is 0.145 e. The van der Waals surface area contributed by atoms with Gasteiger partial charge < -0.3 is 9.64 Å². The van der Waals surface area contributed by atoms with Crippen LogP contribution in [0.3, 0.4) is 0 Å². The van der Waals surface area contributed by atoms with E-state index in [1.807, 2.05) is 7.05 Å². The number of likely N-dealkylation sites (N-methyl/N-ethyl adjacent to an activating group) is 1. The first-order chi connectivity index (χ1) is 4.83. The molecule has 0 aromatic carbocycles. The molecule has 0 aromatic rings. The summed E-state index contributed by atoms with van der Waals surface area (Å²) < 4.78 is 5.22. The normalized spacial score (nSPS) is 29.0. The highest BCUT2D eigenvalue weighted by molar-refractivity contribution is 4.85. The molecule has 3 nitrogen and oxygen atoms in total. The van der Waals surface area contributed by atoms with E-state index in [-0.39, 0.29) is 6.10 Å². The Bertz CT molecular complexity index is 141. The molecule has 0 N–H and O–H groups in total. The van der Waals surface area contributed by atoms with E-state index in [1.54, 1.807) is 0 Å². The van der Waals surface area contributed by atoms with Gasteiger partial charge in [0.2, 0.25) is 0 Å². The van der Waals surface area contributed by atoms with Crippen molar-refractivity contribution in [1.29, 1.82) is 5.26 Å². The highest BCUT2D eigenvalue weighted by atomic mass is 16.5. The average molecular weight is 140 g/mol. The molecule has 56 valence electrons. The summed E-state index contributed by atoms with van der Waals surface area (Å²) in [5, 5.41) is 8.51. The second-order valence-electron chi connectivity index (χ2n) is 2.58. The number of ether oxygens (including phenoxy) is 1. The lowest BCUT2D eigenvalue weighted by Crippen LogP contribution is -2.20. The summed E-state index contributed by atoms with van der Waals surface area (Å²) in [7, 11) is 2.04. The smallest absolute Gasteiger partial charge is 0.145 e. The number of hydrogen-bond donors (Lipinski definition) is 0. The Hall–Kier alpha value is -0.590. The topological polar surface area (TPSA) is 36.3 Å². The summed E-state index contributed by atoms with van der Waals surface area (Å²) in [6, 6.07) is 2.12. The minimum Gasteiger partial charge on any atom is -0.362 e. The van der Waals surface area contributed by atoms with Crippen molar-refractivity contribution < 1.29 is 4.74 Å². The number of rotatable bonds is 0. The molecule has 10 heavy (non-hydrogen) atoms. The molecule has 0 bridgehead atoms. The molecule has 0 amide bonds. The summed E-state index contributed by atoms with van der Waals surface area (Å²) >= 11 is 0. The van der Waals surface area contributed by atoms with Crippen LogP contribution in [0.5, 0.6) is 0 Å². The predicted octanol–water partition coefficient (Wildman–Crippen LogP) is 0.231. The molecule has 3 heteroatoms. The third-order valence-corrected chi connectivity index (χ3v) is 1.71. The Labute approximate surface area is 61.2 Å². The summed E-state index contributed by atoms with van der Waals surface area (Å²) in [5.74, 6) is 0. The lowest BCUT2D eigenvalue weighted by molar-refractivity contribution is 0.0996. The van der Waals surface area contributed by atoms with E-state index in [4.69, 9.17) is 10.00 Å². The highest BCUT2D eigenvalue weighted by Crippen LogP contribution is 2.03. The van der Waals surface area contributed by atoms with Gasteiger partial charge in [-0.2, -0.15) is 5.26 Å². The molecule has 0 aromatic heterocycles. The molecule has 0 aliphatic carbocycles. The highest BCUT2D eigenvalue weighted by Gasteiger charge is 2.13. The second kappa shape index (κ2) is 3.55. The molecule has 1 atom stereocenters. The van der Waals surface area contributed by atoms with Crippen molar-refractivity contribution in [3.8, 4) is 6.07 Å². The lowest BCUT2D eigenvalue weighted by atomic mass is 10.3. The standard InChI is InChI=1S/C7H12N2O/c1-9-3-2-7(6-8)10-5-4-9/h7H,2-5H2,1H3. The maximum atomic E-state index is 8.51. The van der Waals surface area contributed by atoms with Gasteiger partial charge in [0.05, 0.1) is 12.7 Å². The molecule has 1 aliphatic heterocycles. The third-order valence-electron chi connectivity index (χ3n) is 1.71. The summed E-state index contributed by atoms with van der Waals surface area (Å²) in [4.78, 5) is 2.18. The Morgan fingerprint density at radius 1 is 1.60 bits per heavy atom. The van der Waals surface area contributed by atoms with Crippen molar-refractivity contribution in [2.45, 2.75) is 12.5 Å². The van der Waals surface area contributed by atoms with E-state index in [0.29, 0.717) is 6.61 Å². The largest absolute Gasteiger partial charge is 0.362 e. The number of nitrogens with zero attached hydrogens (tertiary/aromatic N) is 2. The van der Waals surface area contributed by atoms with Crippen LogP contribution in [-0.4, -0.2) is 37.7 Å². The van der Waals surface area contributed by atoms with E-state index >= 15 is 0 Å². The summed E-state index contributed by atoms with van der Waals surface area (Å²) in [5.41, 5.74) is 0. The van der Waals surface area contributed by atoms with Crippen LogP contribution in [0.4, 0.5) is 0 Å². The molecule has 0 saturated carbocycles. The second-order valence-corrected chi connectivity index (χ2v) is 2.58. The van der Waals surface area contributed by atoms with E-state index in [2.05, 4.69) is 11.0 Å². The Morgan fingerprint density at radius 2 is 2.40 bits per heavy atom. The molecule has 1 aliphatic rings. The van der Waals surface area contributed by atoms with Gasteiger partial charge >= 0.3 is 0 Å². The van der Waals surface area contributed by atoms with Crippen LogP contribution in [-0.2, 0) is 4.74 Å². The molecule has 0 radical (unpaired) electrons. The fourth-order valence-corrected chi connectivity index (χ4v) is 0.985. The molecule has 1 fully saturated rings. The van der Waals surface area contributed by atoms with Crippen LogP contribution in [0, 0.1) is 11.3 Å². The van der Waals surface area contributed by atoms with Crippen molar-refractivity contribution in [3.63, 3.8) is 0 Å². The van der Waals surface area contributed by atoms with E-state index in [1.165, 1.54) is 0 Å². The first-order valence-corrected chi connectivity index (χ1v) is 3.52. The maximum absolute atomic E-state index is 8.51. The monoisotopic (exact) mass is 140 g/mol. The van der Waals surface area contributed by atoms with E-state index in [9.17, 15) is 0 Å². The van der Waals surface area contributed by atoms with Gasteiger partial charge in [0.1, 0.15) is 6.10 Å². The lowest BCUT2D eigenvalue weighted by Gasteiger charge is -2.09. The third kappa shape index (κ3) is 1.98. The van der Waals surface area contributed by atoms with Gasteiger partial charge in [-0.1, -0.05) is 0 Å². The Kier molecular flexibility index (Phi) is 2.67. The summed E-state index contributed by atoms with van der Waals surface area (Å²) in [6.45, 7) is 2.60. The van der Waals surface area contributed by atoms with Gasteiger partial charge in [0.25, 0.3) is 0 Å². The van der Waals surface area contributed by atoms with Crippen LogP contribution in [0.2, 0.25) is 0 Å². The fourth-order valence-electron chi connectivity index (χ4n) is 0.985. The van der Waals surface area contributed by atoms with Crippen LogP contribution in [0.25, 0.3) is 0 Å². The first kappa shape index (κ1) is 7.52. The van der Waals surface area contributed by atoms with Crippen molar-refractivity contribution >= 4 is 0 Å². The molecule has 1 rings (SSSR count). The zero-order chi connectivity index (χ0) is 7.40. The van der Waals surface area contributed by atoms with E-state index < -0.39 is 0 Å². The van der Waals surface area contributed by atoms with Gasteiger partial charge in [0.15, 0.2) is 0 Å². The van der Waals surface area contributed by atoms with Crippen molar-refractivity contribution in [3.05, 3.63) is 0 Å². The SMILES string of the molecule is CN1CCOC(C#N)CC1. The zero-order valence-corrected chi connectivity index (χ0v) is 6.21. The number of hydrogen-bond acceptors (Lipinski definition) is 3. The van der Waals surface area contributed by atoms with Gasteiger partial charge in [-0.25, -0.2) is 0 Å². The van der Waals surface area contributed by atoms with Gasteiger partial charge in [0, 0.05) is 13.1 Å². The Morgan fingerprint density at radius 3 is 3.10 bits per heavy atom. The fraction of sp³-hybridized carbons (Fsp3) is 0.857. The minimum absolute atomic E-state index is 0.176. The van der Waals surface area contributed by atoms with Crippen molar-refractivity contribution in [1.82, 2.24) is 4.90 Å². The molecule has 0 spiro atoms. The van der Waals surface area contributed by atoms with Gasteiger partial charge in [-0.15, -0.1) is 0 Å². The molecule has 1 heterocycles. The van der Waals surface area contributed by atoms with Gasteiger partial charge in [-0.05, 0) is 13.5 Å². The van der Waals surface area contributed by atoms with Crippen molar-refractivity contribution in [2.24, 2.45) is 0 Å². The van der Waals surface area contributed by atoms with E-state index in [0.717, 1.165) is 19.5 Å².